The van der Waals surface area contributed by atoms with E-state index in [0.717, 1.165) is 24.7 Å². The van der Waals surface area contributed by atoms with Crippen LogP contribution in [-0.2, 0) is 16.6 Å². The van der Waals surface area contributed by atoms with E-state index in [-0.39, 0.29) is 42.5 Å². The van der Waals surface area contributed by atoms with Crippen LogP contribution in [0, 0.1) is 5.82 Å². The van der Waals surface area contributed by atoms with Crippen molar-refractivity contribution in [3.8, 4) is 11.3 Å². The van der Waals surface area contributed by atoms with Gasteiger partial charge in [-0.3, -0.25) is 4.79 Å². The van der Waals surface area contributed by atoms with E-state index in [0.29, 0.717) is 16.6 Å². The van der Waals surface area contributed by atoms with Crippen LogP contribution in [0.4, 0.5) is 4.39 Å². The highest BCUT2D eigenvalue weighted by Crippen LogP contribution is 2.44. The predicted molar refractivity (Wildman–Crippen MR) is 121 cm³/mol. The van der Waals surface area contributed by atoms with Gasteiger partial charge in [0.15, 0.2) is 0 Å². The summed E-state index contributed by atoms with van der Waals surface area (Å²) in [4.78, 5) is 16.9. The first-order chi connectivity index (χ1) is 15.5. The Bertz CT molecular complexity index is 1300. The molecule has 8 nitrogen and oxygen atoms in total. The molecule has 1 unspecified atom stereocenters. The molecule has 33 heavy (non-hydrogen) atoms. The number of nitrogens with zero attached hydrogens (tertiary/aromatic N) is 2. The number of fused-ring (bicyclic) bond motifs is 1. The molecule has 2 aromatic heterocycles. The van der Waals surface area contributed by atoms with Gasteiger partial charge in [-0.05, 0) is 68.0 Å². The van der Waals surface area contributed by atoms with Gasteiger partial charge in [0.1, 0.15) is 11.6 Å². The Balaban J connectivity index is 1.83. The van der Waals surface area contributed by atoms with Crippen LogP contribution in [0.15, 0.2) is 34.7 Å². The highest BCUT2D eigenvalue weighted by atomic mass is 32.2. The van der Waals surface area contributed by atoms with Crippen LogP contribution >= 0.6 is 0 Å². The van der Waals surface area contributed by atoms with Crippen molar-refractivity contribution in [2.45, 2.75) is 44.8 Å². The third-order valence-electron chi connectivity index (χ3n) is 5.76. The van der Waals surface area contributed by atoms with E-state index >= 15 is 0 Å². The molecule has 176 valence electrons. The fraction of sp³-hybridized carbons (Fsp3) is 0.391. The lowest BCUT2D eigenvalue weighted by Gasteiger charge is -2.21. The molecule has 1 fully saturated rings. The number of furan rings is 1. The number of rotatable bonds is 9. The SMILES string of the molecule is CC(O)CCN(Cc1nc2oc(-c3ccc(F)cc3)c(C(N)=O)c2cc1C1CC1)S(C)(=O)=O. The van der Waals surface area contributed by atoms with E-state index in [1.165, 1.54) is 28.6 Å². The molecule has 0 radical (unpaired) electrons. The lowest BCUT2D eigenvalue weighted by Crippen LogP contribution is -2.32. The Morgan fingerprint density at radius 2 is 2.00 bits per heavy atom. The molecule has 1 atom stereocenters. The molecule has 0 spiro atoms. The smallest absolute Gasteiger partial charge is 0.253 e. The van der Waals surface area contributed by atoms with Crippen LogP contribution in [0.3, 0.4) is 0 Å². The normalized spacial score (nSPS) is 15.3. The summed E-state index contributed by atoms with van der Waals surface area (Å²) < 4.78 is 45.3. The fourth-order valence-electron chi connectivity index (χ4n) is 3.86. The molecule has 4 rings (SSSR count). The fourth-order valence-corrected chi connectivity index (χ4v) is 4.65. The maximum Gasteiger partial charge on any atom is 0.253 e. The van der Waals surface area contributed by atoms with E-state index in [9.17, 15) is 22.7 Å². The zero-order valence-electron chi connectivity index (χ0n) is 18.4. The number of benzene rings is 1. The highest BCUT2D eigenvalue weighted by Gasteiger charge is 2.31. The second kappa shape index (κ2) is 8.85. The Labute approximate surface area is 191 Å². The molecule has 10 heteroatoms. The number of amides is 1. The second-order valence-corrected chi connectivity index (χ2v) is 10.5. The first-order valence-electron chi connectivity index (χ1n) is 10.7. The van der Waals surface area contributed by atoms with Crippen molar-refractivity contribution in [1.29, 1.82) is 0 Å². The van der Waals surface area contributed by atoms with Gasteiger partial charge in [-0.1, -0.05) is 0 Å². The zero-order valence-corrected chi connectivity index (χ0v) is 19.2. The average Bonchev–Trinajstić information content (AvgIpc) is 3.50. The molecule has 0 aliphatic heterocycles. The average molecular weight is 476 g/mol. The standard InChI is InChI=1S/C23H26FN3O5S/c1-13(28)9-10-27(33(2,30)31)12-19-17(14-3-4-14)11-18-20(22(25)29)21(32-23(18)26-19)15-5-7-16(24)8-6-15/h5-8,11,13-14,28H,3-4,9-10,12H2,1-2H3,(H2,25,29). The summed E-state index contributed by atoms with van der Waals surface area (Å²) in [7, 11) is -3.56. The van der Waals surface area contributed by atoms with Crippen molar-refractivity contribution in [2.75, 3.05) is 12.8 Å². The van der Waals surface area contributed by atoms with Crippen molar-refractivity contribution in [3.63, 3.8) is 0 Å². The summed E-state index contributed by atoms with van der Waals surface area (Å²) in [6.45, 7) is 1.77. The number of aromatic nitrogens is 1. The van der Waals surface area contributed by atoms with E-state index in [1.807, 2.05) is 0 Å². The Morgan fingerprint density at radius 1 is 1.33 bits per heavy atom. The van der Waals surface area contributed by atoms with Crippen LogP contribution in [0.25, 0.3) is 22.4 Å². The van der Waals surface area contributed by atoms with Crippen molar-refractivity contribution in [1.82, 2.24) is 9.29 Å². The van der Waals surface area contributed by atoms with Gasteiger partial charge in [0.2, 0.25) is 15.7 Å². The molecule has 1 aliphatic carbocycles. The van der Waals surface area contributed by atoms with E-state index < -0.39 is 27.9 Å². The van der Waals surface area contributed by atoms with Gasteiger partial charge in [-0.15, -0.1) is 0 Å². The lowest BCUT2D eigenvalue weighted by molar-refractivity contribution is 0.100. The van der Waals surface area contributed by atoms with Crippen LogP contribution in [-0.4, -0.2) is 47.6 Å². The molecule has 1 aliphatic rings. The quantitative estimate of drug-likeness (QED) is 0.490. The number of pyridine rings is 1. The van der Waals surface area contributed by atoms with Crippen molar-refractivity contribution >= 4 is 27.0 Å². The Morgan fingerprint density at radius 3 is 2.55 bits per heavy atom. The molecular formula is C23H26FN3O5S. The van der Waals surface area contributed by atoms with Crippen LogP contribution < -0.4 is 5.73 Å². The molecule has 3 aromatic rings. The molecule has 0 saturated heterocycles. The zero-order chi connectivity index (χ0) is 23.9. The molecule has 1 amide bonds. The maximum atomic E-state index is 13.4. The van der Waals surface area contributed by atoms with Crippen LogP contribution in [0.1, 0.15) is 53.7 Å². The highest BCUT2D eigenvalue weighted by molar-refractivity contribution is 7.88. The third-order valence-corrected chi connectivity index (χ3v) is 7.01. The molecule has 3 N–H and O–H groups in total. The summed E-state index contributed by atoms with van der Waals surface area (Å²) in [6, 6.07) is 7.30. The van der Waals surface area contributed by atoms with Gasteiger partial charge in [0, 0.05) is 12.1 Å². The summed E-state index contributed by atoms with van der Waals surface area (Å²) in [6.07, 6.45) is 2.63. The number of carbonyl (C=O) groups excluding carboxylic acids is 1. The Kier molecular flexibility index (Phi) is 6.26. The summed E-state index contributed by atoms with van der Waals surface area (Å²) in [5.74, 6) is -0.720. The van der Waals surface area contributed by atoms with Crippen LogP contribution in [0.2, 0.25) is 0 Å². The minimum atomic E-state index is -3.56. The summed E-state index contributed by atoms with van der Waals surface area (Å²) in [5.41, 5.74) is 7.85. The number of aliphatic hydroxyl groups excluding tert-OH is 1. The Hall–Kier alpha value is -2.82. The monoisotopic (exact) mass is 475 g/mol. The molecule has 1 aromatic carbocycles. The third kappa shape index (κ3) is 5.07. The van der Waals surface area contributed by atoms with E-state index in [2.05, 4.69) is 4.98 Å². The molecule has 1 saturated carbocycles. The van der Waals surface area contributed by atoms with Crippen molar-refractivity contribution in [3.05, 3.63) is 53.0 Å². The van der Waals surface area contributed by atoms with Crippen LogP contribution in [0.5, 0.6) is 0 Å². The minimum Gasteiger partial charge on any atom is -0.437 e. The second-order valence-electron chi connectivity index (χ2n) is 8.56. The number of hydrogen-bond donors (Lipinski definition) is 2. The number of halogens is 1. The van der Waals surface area contributed by atoms with E-state index in [1.54, 1.807) is 13.0 Å². The lowest BCUT2D eigenvalue weighted by atomic mass is 10.0. The minimum absolute atomic E-state index is 0.0197. The number of sulfonamides is 1. The number of nitrogens with two attached hydrogens (primary N) is 1. The number of hydrogen-bond acceptors (Lipinski definition) is 6. The predicted octanol–water partition coefficient (Wildman–Crippen LogP) is 3.14. The number of primary amides is 1. The maximum absolute atomic E-state index is 13.4. The molecule has 2 heterocycles. The first-order valence-corrected chi connectivity index (χ1v) is 12.5. The number of carbonyl (C=O) groups is 1. The van der Waals surface area contributed by atoms with Crippen molar-refractivity contribution in [2.24, 2.45) is 5.73 Å². The van der Waals surface area contributed by atoms with Gasteiger partial charge in [0.05, 0.1) is 35.5 Å². The van der Waals surface area contributed by atoms with Gasteiger partial charge < -0.3 is 15.3 Å². The first kappa shape index (κ1) is 23.3. The largest absolute Gasteiger partial charge is 0.437 e. The molecular weight excluding hydrogens is 449 g/mol. The van der Waals surface area contributed by atoms with Crippen molar-refractivity contribution < 1.29 is 27.1 Å². The van der Waals surface area contributed by atoms with Gasteiger partial charge in [-0.25, -0.2) is 17.8 Å². The summed E-state index contributed by atoms with van der Waals surface area (Å²) in [5, 5.41) is 10.1. The van der Waals surface area contributed by atoms with Gasteiger partial charge in [-0.2, -0.15) is 4.31 Å². The van der Waals surface area contributed by atoms with Gasteiger partial charge >= 0.3 is 0 Å². The topological polar surface area (TPSA) is 127 Å². The molecule has 0 bridgehead atoms. The number of aliphatic hydroxyl groups is 1. The summed E-state index contributed by atoms with van der Waals surface area (Å²) >= 11 is 0. The van der Waals surface area contributed by atoms with Gasteiger partial charge in [0.25, 0.3) is 5.91 Å². The van der Waals surface area contributed by atoms with E-state index in [4.69, 9.17) is 10.2 Å².